The smallest absolute Gasteiger partial charge is 0.0548 e. The molecular formula is C54H35N3. The SMILES string of the molecule is c1ccc(-c2cccc(-n3c4ccccc4c4ccc(-c5cccc(-n6c7ccccc7c7cc8c(cc76)c6ccccc6n8-c6ccccc6)c5)cc43)c2)cc1. The van der Waals surface area contributed by atoms with E-state index < -0.39 is 0 Å². The van der Waals surface area contributed by atoms with Crippen molar-refractivity contribution in [2.45, 2.75) is 0 Å². The van der Waals surface area contributed by atoms with Crippen LogP contribution in [0, 0.1) is 0 Å². The standard InChI is InChI=1S/C54H35N3/c1-3-15-36(16-4-1)37-17-13-21-41(31-37)56-49-26-10-7-23-43(49)46-30-29-39(33-52(46)56)38-18-14-22-42(32-38)57-51-28-12-9-25-45(51)48-34-53-47(35-54(48)57)44-24-8-11-27-50(44)55(53)40-19-5-2-6-20-40/h1-35H. The van der Waals surface area contributed by atoms with Crippen LogP contribution in [0.25, 0.3) is 105 Å². The van der Waals surface area contributed by atoms with Gasteiger partial charge in [-0.2, -0.15) is 0 Å². The van der Waals surface area contributed by atoms with Gasteiger partial charge in [0.05, 0.1) is 33.1 Å². The van der Waals surface area contributed by atoms with E-state index in [2.05, 4.69) is 226 Å². The maximum atomic E-state index is 2.45. The van der Waals surface area contributed by atoms with E-state index in [1.807, 2.05) is 0 Å². The van der Waals surface area contributed by atoms with Gasteiger partial charge in [-0.3, -0.25) is 0 Å². The largest absolute Gasteiger partial charge is 0.309 e. The molecule has 266 valence electrons. The number of para-hydroxylation sites is 4. The van der Waals surface area contributed by atoms with Crippen molar-refractivity contribution >= 4 is 65.4 Å². The molecule has 0 unspecified atom stereocenters. The third-order valence-corrected chi connectivity index (χ3v) is 11.8. The number of aromatic nitrogens is 3. The second kappa shape index (κ2) is 12.5. The summed E-state index contributed by atoms with van der Waals surface area (Å²) in [6.45, 7) is 0. The molecule has 57 heavy (non-hydrogen) atoms. The van der Waals surface area contributed by atoms with Crippen LogP contribution in [0.1, 0.15) is 0 Å². The first-order valence-electron chi connectivity index (χ1n) is 19.6. The Kier molecular flexibility index (Phi) is 6.93. The average molecular weight is 726 g/mol. The van der Waals surface area contributed by atoms with E-state index in [9.17, 15) is 0 Å². The number of nitrogens with zero attached hydrogens (tertiary/aromatic N) is 3. The van der Waals surface area contributed by atoms with Gasteiger partial charge in [0.15, 0.2) is 0 Å². The molecule has 0 saturated carbocycles. The lowest BCUT2D eigenvalue weighted by Gasteiger charge is -2.12. The third kappa shape index (κ3) is 4.86. The minimum atomic E-state index is 1.14. The highest BCUT2D eigenvalue weighted by atomic mass is 15.0. The van der Waals surface area contributed by atoms with Crippen LogP contribution in [-0.4, -0.2) is 13.7 Å². The van der Waals surface area contributed by atoms with Crippen molar-refractivity contribution < 1.29 is 0 Å². The highest BCUT2D eigenvalue weighted by molar-refractivity contribution is 6.19. The van der Waals surface area contributed by atoms with Gasteiger partial charge < -0.3 is 13.7 Å². The van der Waals surface area contributed by atoms with Crippen molar-refractivity contribution in [3.05, 3.63) is 212 Å². The first kappa shape index (κ1) is 31.7. The lowest BCUT2D eigenvalue weighted by Crippen LogP contribution is -1.96. The van der Waals surface area contributed by atoms with Crippen LogP contribution in [0.4, 0.5) is 0 Å². The Labute approximate surface area is 329 Å². The van der Waals surface area contributed by atoms with E-state index in [1.54, 1.807) is 0 Å². The van der Waals surface area contributed by atoms with Crippen molar-refractivity contribution in [3.8, 4) is 39.3 Å². The number of fused-ring (bicyclic) bond motifs is 9. The van der Waals surface area contributed by atoms with Crippen LogP contribution < -0.4 is 0 Å². The van der Waals surface area contributed by atoms with Crippen molar-refractivity contribution in [3.63, 3.8) is 0 Å². The van der Waals surface area contributed by atoms with Gasteiger partial charge in [0.1, 0.15) is 0 Å². The first-order chi connectivity index (χ1) is 28.3. The monoisotopic (exact) mass is 725 g/mol. The second-order valence-corrected chi connectivity index (χ2v) is 15.0. The fourth-order valence-electron chi connectivity index (χ4n) is 9.27. The summed E-state index contributed by atoms with van der Waals surface area (Å²) in [6, 6.07) is 77.4. The van der Waals surface area contributed by atoms with Crippen LogP contribution >= 0.6 is 0 Å². The number of hydrogen-bond donors (Lipinski definition) is 0. The molecule has 0 aliphatic carbocycles. The van der Waals surface area contributed by atoms with Gasteiger partial charge in [-0.15, -0.1) is 0 Å². The van der Waals surface area contributed by atoms with Crippen LogP contribution in [0.5, 0.6) is 0 Å². The topological polar surface area (TPSA) is 14.8 Å². The van der Waals surface area contributed by atoms with Crippen LogP contribution in [-0.2, 0) is 0 Å². The number of hydrogen-bond acceptors (Lipinski definition) is 0. The van der Waals surface area contributed by atoms with Crippen molar-refractivity contribution in [1.29, 1.82) is 0 Å². The molecule has 3 heterocycles. The lowest BCUT2D eigenvalue weighted by molar-refractivity contribution is 1.17. The van der Waals surface area contributed by atoms with E-state index >= 15 is 0 Å². The Bertz CT molecular complexity index is 3510. The minimum Gasteiger partial charge on any atom is -0.309 e. The zero-order chi connectivity index (χ0) is 37.5. The summed E-state index contributed by atoms with van der Waals surface area (Å²) in [5.41, 5.74) is 15.5. The highest BCUT2D eigenvalue weighted by Gasteiger charge is 2.19. The normalized spacial score (nSPS) is 11.9. The average Bonchev–Trinajstić information content (AvgIpc) is 3.91. The highest BCUT2D eigenvalue weighted by Crippen LogP contribution is 2.41. The molecule has 3 heteroatoms. The van der Waals surface area contributed by atoms with Crippen molar-refractivity contribution in [1.82, 2.24) is 13.7 Å². The molecule has 0 saturated heterocycles. The summed E-state index contributed by atoms with van der Waals surface area (Å²) in [7, 11) is 0. The van der Waals surface area contributed by atoms with Gasteiger partial charge in [-0.1, -0.05) is 140 Å². The molecule has 12 aromatic rings. The fraction of sp³-hybridized carbons (Fsp3) is 0. The van der Waals surface area contributed by atoms with E-state index in [-0.39, 0.29) is 0 Å². The molecule has 0 aliphatic heterocycles. The second-order valence-electron chi connectivity index (χ2n) is 15.0. The van der Waals surface area contributed by atoms with Gasteiger partial charge in [-0.25, -0.2) is 0 Å². The minimum absolute atomic E-state index is 1.14. The van der Waals surface area contributed by atoms with E-state index in [4.69, 9.17) is 0 Å². The molecular weight excluding hydrogens is 691 g/mol. The molecule has 0 N–H and O–H groups in total. The Hall–Kier alpha value is -7.62. The molecule has 12 rings (SSSR count). The summed E-state index contributed by atoms with van der Waals surface area (Å²) in [6.07, 6.45) is 0. The maximum Gasteiger partial charge on any atom is 0.0548 e. The van der Waals surface area contributed by atoms with Crippen LogP contribution in [0.2, 0.25) is 0 Å². The summed E-state index contributed by atoms with van der Waals surface area (Å²) in [4.78, 5) is 0. The Morgan fingerprint density at radius 3 is 1.12 bits per heavy atom. The molecule has 0 amide bonds. The number of rotatable bonds is 5. The van der Waals surface area contributed by atoms with Crippen molar-refractivity contribution in [2.24, 2.45) is 0 Å². The zero-order valence-electron chi connectivity index (χ0n) is 31.0. The van der Waals surface area contributed by atoms with Crippen molar-refractivity contribution in [2.75, 3.05) is 0 Å². The predicted molar refractivity (Wildman–Crippen MR) is 240 cm³/mol. The quantitative estimate of drug-likeness (QED) is 0.168. The van der Waals surface area contributed by atoms with Gasteiger partial charge in [-0.05, 0) is 95.1 Å². The molecule has 0 aliphatic rings. The van der Waals surface area contributed by atoms with E-state index in [0.717, 1.165) is 11.4 Å². The predicted octanol–water partition coefficient (Wildman–Crippen LogP) is 14.3. The Balaban J connectivity index is 1.06. The van der Waals surface area contributed by atoms with Crippen LogP contribution in [0.3, 0.4) is 0 Å². The van der Waals surface area contributed by atoms with E-state index in [1.165, 1.54) is 93.4 Å². The molecule has 3 nitrogen and oxygen atoms in total. The third-order valence-electron chi connectivity index (χ3n) is 11.8. The Morgan fingerprint density at radius 1 is 0.193 bits per heavy atom. The van der Waals surface area contributed by atoms with Gasteiger partial charge in [0.2, 0.25) is 0 Å². The molecule has 0 radical (unpaired) electrons. The van der Waals surface area contributed by atoms with Crippen LogP contribution in [0.15, 0.2) is 212 Å². The maximum absolute atomic E-state index is 2.45. The van der Waals surface area contributed by atoms with Gasteiger partial charge in [0, 0.05) is 49.4 Å². The molecule has 0 fully saturated rings. The molecule has 0 spiro atoms. The summed E-state index contributed by atoms with van der Waals surface area (Å²) in [5.74, 6) is 0. The summed E-state index contributed by atoms with van der Waals surface area (Å²) in [5, 5.41) is 7.49. The van der Waals surface area contributed by atoms with E-state index in [0.29, 0.717) is 0 Å². The zero-order valence-corrected chi connectivity index (χ0v) is 31.0. The molecule has 9 aromatic carbocycles. The first-order valence-corrected chi connectivity index (χ1v) is 19.6. The molecule has 0 atom stereocenters. The molecule has 3 aromatic heterocycles. The Morgan fingerprint density at radius 2 is 0.561 bits per heavy atom. The lowest BCUT2D eigenvalue weighted by atomic mass is 10.0. The molecule has 0 bridgehead atoms. The summed E-state index contributed by atoms with van der Waals surface area (Å²) >= 11 is 0. The fourth-order valence-corrected chi connectivity index (χ4v) is 9.27. The van der Waals surface area contributed by atoms with Gasteiger partial charge in [0.25, 0.3) is 0 Å². The van der Waals surface area contributed by atoms with Gasteiger partial charge >= 0.3 is 0 Å². The number of benzene rings is 9. The summed E-state index contributed by atoms with van der Waals surface area (Å²) < 4.78 is 7.28.